The van der Waals surface area contributed by atoms with Crippen LogP contribution in [0.5, 0.6) is 5.75 Å². The Morgan fingerprint density at radius 1 is 1.00 bits per heavy atom. The van der Waals surface area contributed by atoms with Crippen LogP contribution in [0.15, 0.2) is 68.7 Å². The van der Waals surface area contributed by atoms with E-state index in [-0.39, 0.29) is 16.2 Å². The van der Waals surface area contributed by atoms with Gasteiger partial charge >= 0.3 is 5.63 Å². The van der Waals surface area contributed by atoms with Crippen LogP contribution in [0.25, 0.3) is 0 Å². The predicted octanol–water partition coefficient (Wildman–Crippen LogP) is 5.74. The molecule has 0 fully saturated rings. The minimum Gasteiger partial charge on any atom is -0.507 e. The van der Waals surface area contributed by atoms with Crippen molar-refractivity contribution in [1.29, 1.82) is 0 Å². The number of benzene rings is 2. The monoisotopic (exact) mass is 481 g/mol. The van der Waals surface area contributed by atoms with Crippen LogP contribution in [0.2, 0.25) is 0 Å². The molecule has 0 saturated carbocycles. The molecule has 6 nitrogen and oxygen atoms in total. The number of sulfonamides is 1. The fraction of sp³-hybridized carbons (Fsp3) is 0.370. The molecule has 0 amide bonds. The molecule has 0 radical (unpaired) electrons. The van der Waals surface area contributed by atoms with Crippen molar-refractivity contribution in [2.75, 3.05) is 4.72 Å². The van der Waals surface area contributed by atoms with E-state index in [4.69, 9.17) is 4.42 Å². The Morgan fingerprint density at radius 3 is 2.47 bits per heavy atom. The van der Waals surface area contributed by atoms with Gasteiger partial charge in [0.05, 0.1) is 10.5 Å². The Kier molecular flexibility index (Phi) is 7.41. The normalized spacial score (nSPS) is 15.1. The molecule has 2 N–H and O–H groups in total. The summed E-state index contributed by atoms with van der Waals surface area (Å²) in [6.45, 7) is 2.02. The molecular weight excluding hydrogens is 450 g/mol. The van der Waals surface area contributed by atoms with Crippen LogP contribution in [-0.2, 0) is 22.9 Å². The smallest absolute Gasteiger partial charge is 0.343 e. The van der Waals surface area contributed by atoms with E-state index in [0.717, 1.165) is 43.2 Å². The van der Waals surface area contributed by atoms with Crippen molar-refractivity contribution in [2.24, 2.45) is 0 Å². The molecular formula is C27H31NO5S. The first kappa shape index (κ1) is 24.1. The summed E-state index contributed by atoms with van der Waals surface area (Å²) in [5.74, 6) is 0.241. The summed E-state index contributed by atoms with van der Waals surface area (Å²) in [5, 5.41) is 11.2. The molecule has 1 aromatic heterocycles. The molecule has 1 heterocycles. The fourth-order valence-corrected chi connectivity index (χ4v) is 5.80. The van der Waals surface area contributed by atoms with Crippen LogP contribution in [0.3, 0.4) is 0 Å². The summed E-state index contributed by atoms with van der Waals surface area (Å²) < 4.78 is 33.9. The van der Waals surface area contributed by atoms with E-state index in [0.29, 0.717) is 30.7 Å². The lowest BCUT2D eigenvalue weighted by atomic mass is 9.85. The highest BCUT2D eigenvalue weighted by molar-refractivity contribution is 7.92. The summed E-state index contributed by atoms with van der Waals surface area (Å²) in [6.07, 6.45) is 6.82. The third kappa shape index (κ3) is 5.20. The SMILES string of the molecule is CCCC(c1cccc(NS(=O)(=O)c2ccccc2)c1)c1c(O)c2c(oc1=O)CCCCCC2. The van der Waals surface area contributed by atoms with Gasteiger partial charge in [0.15, 0.2) is 0 Å². The number of hydrogen-bond donors (Lipinski definition) is 2. The van der Waals surface area contributed by atoms with Crippen LogP contribution in [-0.4, -0.2) is 13.5 Å². The zero-order valence-corrected chi connectivity index (χ0v) is 20.2. The molecule has 1 aliphatic carbocycles. The van der Waals surface area contributed by atoms with Crippen LogP contribution < -0.4 is 10.3 Å². The van der Waals surface area contributed by atoms with E-state index in [1.54, 1.807) is 36.4 Å². The van der Waals surface area contributed by atoms with Crippen molar-refractivity contribution < 1.29 is 17.9 Å². The predicted molar refractivity (Wildman–Crippen MR) is 133 cm³/mol. The van der Waals surface area contributed by atoms with Crippen LogP contribution in [0.1, 0.15) is 73.8 Å². The van der Waals surface area contributed by atoms with Gasteiger partial charge in [0.2, 0.25) is 0 Å². The first-order valence-electron chi connectivity index (χ1n) is 12.0. The molecule has 3 aromatic rings. The van der Waals surface area contributed by atoms with E-state index in [1.807, 2.05) is 13.0 Å². The Balaban J connectivity index is 1.73. The van der Waals surface area contributed by atoms with Crippen molar-refractivity contribution in [3.8, 4) is 5.75 Å². The lowest BCUT2D eigenvalue weighted by molar-refractivity contribution is 0.383. The molecule has 0 spiro atoms. The largest absolute Gasteiger partial charge is 0.507 e. The molecule has 4 rings (SSSR count). The van der Waals surface area contributed by atoms with Crippen molar-refractivity contribution in [3.63, 3.8) is 0 Å². The molecule has 1 aliphatic rings. The van der Waals surface area contributed by atoms with Crippen LogP contribution in [0.4, 0.5) is 5.69 Å². The summed E-state index contributed by atoms with van der Waals surface area (Å²) in [4.78, 5) is 13.2. The van der Waals surface area contributed by atoms with E-state index in [2.05, 4.69) is 4.72 Å². The van der Waals surface area contributed by atoms with Gasteiger partial charge < -0.3 is 9.52 Å². The summed E-state index contributed by atoms with van der Waals surface area (Å²) in [7, 11) is -3.75. The van der Waals surface area contributed by atoms with Crippen LogP contribution in [0, 0.1) is 0 Å². The minimum atomic E-state index is -3.75. The quantitative estimate of drug-likeness (QED) is 0.449. The second-order valence-electron chi connectivity index (χ2n) is 8.85. The van der Waals surface area contributed by atoms with Gasteiger partial charge in [-0.25, -0.2) is 13.2 Å². The average Bonchev–Trinajstić information content (AvgIpc) is 2.80. The Morgan fingerprint density at radius 2 is 1.74 bits per heavy atom. The standard InChI is InChI=1S/C27H31NO5S/c1-2-11-22(25-26(29)23-16-8-3-4-9-17-24(23)33-27(25)30)19-12-10-13-20(18-19)28-34(31,32)21-14-6-5-7-15-21/h5-7,10,12-15,18,22,28-29H,2-4,8-9,11,16-17H2,1H3. The molecule has 0 bridgehead atoms. The maximum atomic E-state index is 13.1. The van der Waals surface area contributed by atoms with E-state index >= 15 is 0 Å². The van der Waals surface area contributed by atoms with Gasteiger partial charge in [-0.1, -0.05) is 56.5 Å². The highest BCUT2D eigenvalue weighted by atomic mass is 32.2. The summed E-state index contributed by atoms with van der Waals surface area (Å²) >= 11 is 0. The Labute approximate surface area is 200 Å². The number of fused-ring (bicyclic) bond motifs is 1. The molecule has 0 saturated heterocycles. The topological polar surface area (TPSA) is 96.6 Å². The van der Waals surface area contributed by atoms with Gasteiger partial charge in [0, 0.05) is 23.6 Å². The Hall–Kier alpha value is -3.06. The second-order valence-corrected chi connectivity index (χ2v) is 10.5. The van der Waals surface area contributed by atoms with Gasteiger partial charge in [0.1, 0.15) is 11.5 Å². The lowest BCUT2D eigenvalue weighted by Crippen LogP contribution is -2.18. The number of aryl methyl sites for hydroxylation is 1. The highest BCUT2D eigenvalue weighted by Crippen LogP contribution is 2.38. The van der Waals surface area contributed by atoms with Gasteiger partial charge in [0.25, 0.3) is 10.0 Å². The highest BCUT2D eigenvalue weighted by Gasteiger charge is 2.27. The summed E-state index contributed by atoms with van der Waals surface area (Å²) in [5.41, 5.74) is 1.66. The first-order valence-corrected chi connectivity index (χ1v) is 13.4. The zero-order valence-electron chi connectivity index (χ0n) is 19.4. The molecule has 2 aromatic carbocycles. The van der Waals surface area contributed by atoms with Crippen molar-refractivity contribution in [3.05, 3.63) is 87.5 Å². The molecule has 7 heteroatoms. The number of rotatable bonds is 7. The first-order chi connectivity index (χ1) is 16.4. The second kappa shape index (κ2) is 10.5. The van der Waals surface area contributed by atoms with E-state index in [9.17, 15) is 18.3 Å². The van der Waals surface area contributed by atoms with E-state index in [1.165, 1.54) is 12.1 Å². The third-order valence-corrected chi connectivity index (χ3v) is 7.81. The Bertz CT molecular complexity index is 1300. The third-order valence-electron chi connectivity index (χ3n) is 6.41. The maximum Gasteiger partial charge on any atom is 0.343 e. The maximum absolute atomic E-state index is 13.1. The zero-order chi connectivity index (χ0) is 24.1. The lowest BCUT2D eigenvalue weighted by Gasteiger charge is -2.21. The van der Waals surface area contributed by atoms with Crippen LogP contribution >= 0.6 is 0 Å². The number of aromatic hydroxyl groups is 1. The molecule has 180 valence electrons. The van der Waals surface area contributed by atoms with Gasteiger partial charge in [-0.05, 0) is 55.5 Å². The fourth-order valence-electron chi connectivity index (χ4n) is 4.73. The van der Waals surface area contributed by atoms with Gasteiger partial charge in [-0.15, -0.1) is 0 Å². The van der Waals surface area contributed by atoms with Crippen molar-refractivity contribution >= 4 is 15.7 Å². The van der Waals surface area contributed by atoms with Gasteiger partial charge in [-0.3, -0.25) is 4.72 Å². The number of nitrogens with one attached hydrogen (secondary N) is 1. The minimum absolute atomic E-state index is 0.0434. The molecule has 1 unspecified atom stereocenters. The van der Waals surface area contributed by atoms with Crippen molar-refractivity contribution in [2.45, 2.75) is 69.1 Å². The van der Waals surface area contributed by atoms with E-state index < -0.39 is 21.6 Å². The molecule has 34 heavy (non-hydrogen) atoms. The molecule has 0 aliphatic heterocycles. The summed E-state index contributed by atoms with van der Waals surface area (Å²) in [6, 6.07) is 15.2. The van der Waals surface area contributed by atoms with Gasteiger partial charge in [-0.2, -0.15) is 0 Å². The average molecular weight is 482 g/mol. The number of hydrogen-bond acceptors (Lipinski definition) is 5. The number of anilines is 1. The molecule has 1 atom stereocenters. The van der Waals surface area contributed by atoms with Crippen molar-refractivity contribution in [1.82, 2.24) is 0 Å².